The van der Waals surface area contributed by atoms with E-state index < -0.39 is 12.1 Å². The molecule has 0 aliphatic heterocycles. The first kappa shape index (κ1) is 13.2. The van der Waals surface area contributed by atoms with Crippen LogP contribution in [0.15, 0.2) is 0 Å². The maximum absolute atomic E-state index is 12.0. The van der Waals surface area contributed by atoms with Gasteiger partial charge >= 0.3 is 12.1 Å². The topological polar surface area (TPSA) is 46.3 Å². The van der Waals surface area contributed by atoms with Gasteiger partial charge < -0.3 is 10.6 Å². The maximum Gasteiger partial charge on any atom is 0.471 e. The molecule has 3 nitrogen and oxygen atoms in total. The fourth-order valence-corrected chi connectivity index (χ4v) is 1.05. The molecule has 0 fully saturated rings. The summed E-state index contributed by atoms with van der Waals surface area (Å²) in [7, 11) is 0. The highest BCUT2D eigenvalue weighted by molar-refractivity contribution is 5.81. The van der Waals surface area contributed by atoms with Crippen LogP contribution in [0.5, 0.6) is 0 Å². The van der Waals surface area contributed by atoms with Crippen molar-refractivity contribution in [1.29, 1.82) is 0 Å². The van der Waals surface area contributed by atoms with Crippen molar-refractivity contribution in [3.8, 4) is 0 Å². The van der Waals surface area contributed by atoms with Crippen LogP contribution in [0.3, 0.4) is 0 Å². The van der Waals surface area contributed by atoms with E-state index in [2.05, 4.69) is 0 Å². The Balaban J connectivity index is 4.41. The van der Waals surface area contributed by atoms with Crippen LogP contribution in [0.4, 0.5) is 13.2 Å². The molecule has 1 amide bonds. The fourth-order valence-electron chi connectivity index (χ4n) is 1.05. The van der Waals surface area contributed by atoms with E-state index in [1.54, 1.807) is 13.8 Å². The third-order valence-electron chi connectivity index (χ3n) is 1.51. The van der Waals surface area contributed by atoms with Crippen LogP contribution >= 0.6 is 0 Å². The minimum atomic E-state index is -4.80. The largest absolute Gasteiger partial charge is 0.471 e. The van der Waals surface area contributed by atoms with Gasteiger partial charge in [-0.2, -0.15) is 13.2 Å². The third kappa shape index (κ3) is 4.45. The van der Waals surface area contributed by atoms with E-state index in [1.165, 1.54) is 0 Å². The minimum absolute atomic E-state index is 0.00662. The van der Waals surface area contributed by atoms with Gasteiger partial charge in [0.1, 0.15) is 0 Å². The second-order valence-corrected chi connectivity index (χ2v) is 3.43. The van der Waals surface area contributed by atoms with Gasteiger partial charge in [-0.1, -0.05) is 13.8 Å². The lowest BCUT2D eigenvalue weighted by molar-refractivity contribution is -0.185. The number of hydrogen-bond acceptors (Lipinski definition) is 2. The van der Waals surface area contributed by atoms with Gasteiger partial charge in [-0.3, -0.25) is 4.79 Å². The summed E-state index contributed by atoms with van der Waals surface area (Å²) in [6.45, 7) is 3.54. The van der Waals surface area contributed by atoms with Gasteiger partial charge in [0.25, 0.3) is 0 Å². The van der Waals surface area contributed by atoms with Crippen LogP contribution in [0.25, 0.3) is 0 Å². The van der Waals surface area contributed by atoms with Crippen LogP contribution in [0.2, 0.25) is 0 Å². The Labute approximate surface area is 81.1 Å². The molecule has 84 valence electrons. The molecule has 0 aromatic heterocycles. The first-order valence-corrected chi connectivity index (χ1v) is 4.35. The zero-order chi connectivity index (χ0) is 11.4. The second-order valence-electron chi connectivity index (χ2n) is 3.43. The first-order chi connectivity index (χ1) is 6.29. The van der Waals surface area contributed by atoms with Crippen molar-refractivity contribution in [2.75, 3.05) is 19.6 Å². The van der Waals surface area contributed by atoms with Gasteiger partial charge in [0.15, 0.2) is 0 Å². The Hall–Kier alpha value is -0.780. The summed E-state index contributed by atoms with van der Waals surface area (Å²) in [5, 5.41) is 0. The van der Waals surface area contributed by atoms with Gasteiger partial charge in [-0.05, 0) is 5.92 Å². The number of nitrogens with zero attached hydrogens (tertiary/aromatic N) is 1. The van der Waals surface area contributed by atoms with Crippen molar-refractivity contribution in [3.05, 3.63) is 0 Å². The molecule has 0 atom stereocenters. The number of carbonyl (C=O) groups is 1. The average molecular weight is 212 g/mol. The van der Waals surface area contributed by atoms with E-state index in [9.17, 15) is 18.0 Å². The van der Waals surface area contributed by atoms with E-state index >= 15 is 0 Å². The number of carbonyl (C=O) groups excluding carboxylic acids is 1. The zero-order valence-corrected chi connectivity index (χ0v) is 8.27. The summed E-state index contributed by atoms with van der Waals surface area (Å²) in [5.74, 6) is -1.82. The Morgan fingerprint density at radius 1 is 1.43 bits per heavy atom. The molecule has 0 aromatic carbocycles. The summed E-state index contributed by atoms with van der Waals surface area (Å²) < 4.78 is 36.1. The number of nitrogens with two attached hydrogens (primary N) is 1. The Kier molecular flexibility index (Phi) is 4.90. The van der Waals surface area contributed by atoms with Crippen LogP contribution in [-0.4, -0.2) is 36.6 Å². The Morgan fingerprint density at radius 2 is 1.93 bits per heavy atom. The standard InChI is InChI=1S/C8H15F3N2O/c1-6(2)5-13(4-3-12)7(14)8(9,10)11/h6H,3-5,12H2,1-2H3. The summed E-state index contributed by atoms with van der Waals surface area (Å²) in [5.41, 5.74) is 5.12. The molecule has 0 saturated carbocycles. The summed E-state index contributed by atoms with van der Waals surface area (Å²) in [6.07, 6.45) is -4.80. The molecule has 0 radical (unpaired) electrons. The van der Waals surface area contributed by atoms with Gasteiger partial charge in [-0.15, -0.1) is 0 Å². The minimum Gasteiger partial charge on any atom is -0.333 e. The molecule has 2 N–H and O–H groups in total. The van der Waals surface area contributed by atoms with Crippen LogP contribution in [0.1, 0.15) is 13.8 Å². The zero-order valence-electron chi connectivity index (χ0n) is 8.27. The predicted molar refractivity (Wildman–Crippen MR) is 46.5 cm³/mol. The number of hydrogen-bond donors (Lipinski definition) is 1. The van der Waals surface area contributed by atoms with Gasteiger partial charge in [0.2, 0.25) is 0 Å². The molecule has 0 aliphatic rings. The molecule has 0 saturated heterocycles. The Bertz CT molecular complexity index is 192. The van der Waals surface area contributed by atoms with Crippen molar-refractivity contribution < 1.29 is 18.0 Å². The molecule has 6 heteroatoms. The van der Waals surface area contributed by atoms with Gasteiger partial charge in [0.05, 0.1) is 0 Å². The van der Waals surface area contributed by atoms with E-state index in [0.717, 1.165) is 4.90 Å². The maximum atomic E-state index is 12.0. The van der Waals surface area contributed by atoms with E-state index in [1.807, 2.05) is 0 Å². The highest BCUT2D eigenvalue weighted by Crippen LogP contribution is 2.18. The van der Waals surface area contributed by atoms with Crippen molar-refractivity contribution in [2.24, 2.45) is 11.7 Å². The van der Waals surface area contributed by atoms with Crippen molar-refractivity contribution >= 4 is 5.91 Å². The molecule has 0 bridgehead atoms. The summed E-state index contributed by atoms with van der Waals surface area (Å²) >= 11 is 0. The fraction of sp³-hybridized carbons (Fsp3) is 0.875. The van der Waals surface area contributed by atoms with E-state index in [0.29, 0.717) is 0 Å². The van der Waals surface area contributed by atoms with Crippen molar-refractivity contribution in [1.82, 2.24) is 4.90 Å². The first-order valence-electron chi connectivity index (χ1n) is 4.35. The van der Waals surface area contributed by atoms with Gasteiger partial charge in [0, 0.05) is 19.6 Å². The average Bonchev–Trinajstić information content (AvgIpc) is 2.00. The van der Waals surface area contributed by atoms with Crippen LogP contribution < -0.4 is 5.73 Å². The normalized spacial score (nSPS) is 11.9. The lowest BCUT2D eigenvalue weighted by atomic mass is 10.2. The van der Waals surface area contributed by atoms with Crippen LogP contribution in [0, 0.1) is 5.92 Å². The number of alkyl halides is 3. The number of rotatable bonds is 4. The van der Waals surface area contributed by atoms with E-state index in [4.69, 9.17) is 5.73 Å². The SMILES string of the molecule is CC(C)CN(CCN)C(=O)C(F)(F)F. The monoisotopic (exact) mass is 212 g/mol. The summed E-state index contributed by atoms with van der Waals surface area (Å²) in [4.78, 5) is 11.6. The molecule has 0 heterocycles. The van der Waals surface area contributed by atoms with E-state index in [-0.39, 0.29) is 25.6 Å². The molecule has 0 spiro atoms. The summed E-state index contributed by atoms with van der Waals surface area (Å²) in [6, 6.07) is 0. The predicted octanol–water partition coefficient (Wildman–Crippen LogP) is 0.992. The highest BCUT2D eigenvalue weighted by atomic mass is 19.4. The second kappa shape index (κ2) is 5.19. The van der Waals surface area contributed by atoms with Gasteiger partial charge in [-0.25, -0.2) is 0 Å². The molecular weight excluding hydrogens is 197 g/mol. The lowest BCUT2D eigenvalue weighted by Gasteiger charge is -2.24. The van der Waals surface area contributed by atoms with Crippen molar-refractivity contribution in [2.45, 2.75) is 20.0 Å². The smallest absolute Gasteiger partial charge is 0.333 e. The molecule has 0 aromatic rings. The number of halogens is 3. The molecular formula is C8H15F3N2O. The third-order valence-corrected chi connectivity index (χ3v) is 1.51. The highest BCUT2D eigenvalue weighted by Gasteiger charge is 2.42. The Morgan fingerprint density at radius 3 is 2.21 bits per heavy atom. The number of amides is 1. The lowest BCUT2D eigenvalue weighted by Crippen LogP contribution is -2.45. The molecule has 14 heavy (non-hydrogen) atoms. The quantitative estimate of drug-likeness (QED) is 0.755. The van der Waals surface area contributed by atoms with Crippen molar-refractivity contribution in [3.63, 3.8) is 0 Å². The molecule has 0 aliphatic carbocycles. The van der Waals surface area contributed by atoms with Crippen LogP contribution in [-0.2, 0) is 4.79 Å². The molecule has 0 rings (SSSR count). The molecule has 0 unspecified atom stereocenters.